The molecule has 90 valence electrons. The Morgan fingerprint density at radius 1 is 1.41 bits per heavy atom. The second kappa shape index (κ2) is 4.26. The summed E-state index contributed by atoms with van der Waals surface area (Å²) in [6.07, 6.45) is 5.16. The van der Waals surface area contributed by atoms with Crippen molar-refractivity contribution in [3.8, 4) is 0 Å². The maximum atomic E-state index is 13.5. The highest BCUT2D eigenvalue weighted by Gasteiger charge is 2.20. The van der Waals surface area contributed by atoms with Gasteiger partial charge in [0.2, 0.25) is 0 Å². The molecule has 1 heterocycles. The summed E-state index contributed by atoms with van der Waals surface area (Å²) in [5.74, 6) is 0.709. The topological polar surface area (TPSA) is 20.7 Å². The van der Waals surface area contributed by atoms with Crippen LogP contribution < -0.4 is 0 Å². The Balaban J connectivity index is 1.88. The molecule has 0 spiro atoms. The summed E-state index contributed by atoms with van der Waals surface area (Å²) in [4.78, 5) is 2.95. The van der Waals surface area contributed by atoms with Crippen molar-refractivity contribution in [3.63, 3.8) is 0 Å². The minimum Gasteiger partial charge on any atom is -0.328 e. The first-order valence-electron chi connectivity index (χ1n) is 6.13. The van der Waals surface area contributed by atoms with Gasteiger partial charge in [0.25, 0.3) is 0 Å². The van der Waals surface area contributed by atoms with E-state index in [2.05, 4.69) is 4.98 Å². The van der Waals surface area contributed by atoms with Crippen molar-refractivity contribution >= 4 is 23.3 Å². The molecule has 17 heavy (non-hydrogen) atoms. The van der Waals surface area contributed by atoms with Gasteiger partial charge in [-0.2, -0.15) is 0 Å². The number of nitrogens with zero attached hydrogens (tertiary/aromatic N) is 1. The van der Waals surface area contributed by atoms with Crippen LogP contribution in [0.15, 0.2) is 18.2 Å². The number of aromatic nitrogens is 2. The molecule has 0 unspecified atom stereocenters. The van der Waals surface area contributed by atoms with Gasteiger partial charge in [0, 0.05) is 6.54 Å². The fraction of sp³-hybridized carbons (Fsp3) is 0.462. The zero-order valence-corrected chi connectivity index (χ0v) is 10.4. The second-order valence-electron chi connectivity index (χ2n) is 4.80. The summed E-state index contributed by atoms with van der Waals surface area (Å²) in [6, 6.07) is 5.11. The number of nitrogens with one attached hydrogen (secondary N) is 1. The van der Waals surface area contributed by atoms with Gasteiger partial charge in [-0.3, -0.25) is 0 Å². The molecule has 0 bridgehead atoms. The maximum Gasteiger partial charge on any atom is 0.178 e. The van der Waals surface area contributed by atoms with Crippen LogP contribution in [0, 0.1) is 16.5 Å². The quantitative estimate of drug-likeness (QED) is 0.812. The smallest absolute Gasteiger partial charge is 0.178 e. The lowest BCUT2D eigenvalue weighted by atomic mass is 10.2. The van der Waals surface area contributed by atoms with Crippen molar-refractivity contribution in [2.45, 2.75) is 32.2 Å². The molecule has 0 aliphatic heterocycles. The lowest BCUT2D eigenvalue weighted by Gasteiger charge is -2.03. The molecule has 1 fully saturated rings. The number of halogens is 1. The second-order valence-corrected chi connectivity index (χ2v) is 5.19. The van der Waals surface area contributed by atoms with Gasteiger partial charge in [-0.25, -0.2) is 4.39 Å². The molecular formula is C13H15FN2S. The number of hydrogen-bond acceptors (Lipinski definition) is 1. The van der Waals surface area contributed by atoms with E-state index in [0.29, 0.717) is 10.3 Å². The molecule has 4 heteroatoms. The summed E-state index contributed by atoms with van der Waals surface area (Å²) in [5.41, 5.74) is 1.41. The Kier molecular flexibility index (Phi) is 2.74. The highest BCUT2D eigenvalue weighted by Crippen LogP contribution is 2.33. The van der Waals surface area contributed by atoms with E-state index in [1.54, 1.807) is 6.07 Å². The summed E-state index contributed by atoms with van der Waals surface area (Å²) < 4.78 is 16.2. The fourth-order valence-electron chi connectivity index (χ4n) is 2.31. The van der Waals surface area contributed by atoms with Crippen LogP contribution in [0.5, 0.6) is 0 Å². The van der Waals surface area contributed by atoms with Crippen LogP contribution in [-0.2, 0) is 6.54 Å². The average molecular weight is 250 g/mol. The van der Waals surface area contributed by atoms with E-state index in [9.17, 15) is 4.39 Å². The number of para-hydroxylation sites is 1. The van der Waals surface area contributed by atoms with Gasteiger partial charge in [0.05, 0.1) is 5.52 Å². The lowest BCUT2D eigenvalue weighted by Crippen LogP contribution is -1.98. The Hall–Kier alpha value is -1.16. The zero-order valence-electron chi connectivity index (χ0n) is 9.58. The fourth-order valence-corrected chi connectivity index (χ4v) is 2.60. The van der Waals surface area contributed by atoms with Crippen molar-refractivity contribution in [1.82, 2.24) is 9.55 Å². The first kappa shape index (κ1) is 11.0. The van der Waals surface area contributed by atoms with Crippen LogP contribution in [-0.4, -0.2) is 9.55 Å². The van der Waals surface area contributed by atoms with Gasteiger partial charge in [-0.05, 0) is 43.1 Å². The standard InChI is InChI=1S/C13H15FN2S/c14-10-4-1-5-11-12(10)15-13(17)16(11)8-2-3-9-6-7-9/h1,4-5,9H,2-3,6-8H2,(H,15,17). The average Bonchev–Trinajstić information content (AvgIpc) is 3.06. The summed E-state index contributed by atoms with van der Waals surface area (Å²) in [5, 5.41) is 0. The predicted molar refractivity (Wildman–Crippen MR) is 69.0 cm³/mol. The van der Waals surface area contributed by atoms with E-state index in [4.69, 9.17) is 12.2 Å². The van der Waals surface area contributed by atoms with Crippen LogP contribution in [0.25, 0.3) is 11.0 Å². The number of aromatic amines is 1. The number of H-pyrrole nitrogens is 1. The summed E-state index contributed by atoms with van der Waals surface area (Å²) in [6.45, 7) is 0.888. The van der Waals surface area contributed by atoms with E-state index in [-0.39, 0.29) is 5.82 Å². The van der Waals surface area contributed by atoms with E-state index in [1.165, 1.54) is 25.3 Å². The van der Waals surface area contributed by atoms with Crippen molar-refractivity contribution < 1.29 is 4.39 Å². The molecule has 2 aromatic rings. The van der Waals surface area contributed by atoms with E-state index in [0.717, 1.165) is 24.4 Å². The summed E-state index contributed by atoms with van der Waals surface area (Å²) in [7, 11) is 0. The number of hydrogen-bond donors (Lipinski definition) is 1. The number of aryl methyl sites for hydroxylation is 1. The van der Waals surface area contributed by atoms with Crippen molar-refractivity contribution in [2.75, 3.05) is 0 Å². The number of rotatable bonds is 4. The third kappa shape index (κ3) is 2.14. The monoisotopic (exact) mass is 250 g/mol. The van der Waals surface area contributed by atoms with Gasteiger partial charge in [-0.1, -0.05) is 18.9 Å². The van der Waals surface area contributed by atoms with Crippen LogP contribution in [0.4, 0.5) is 4.39 Å². The third-order valence-corrected chi connectivity index (χ3v) is 3.77. The van der Waals surface area contributed by atoms with Gasteiger partial charge in [0.15, 0.2) is 4.77 Å². The molecule has 0 saturated heterocycles. The van der Waals surface area contributed by atoms with Gasteiger partial charge in [0.1, 0.15) is 11.3 Å². The normalized spacial score (nSPS) is 15.6. The predicted octanol–water partition coefficient (Wildman–Crippen LogP) is 4.03. The van der Waals surface area contributed by atoms with Gasteiger partial charge >= 0.3 is 0 Å². The zero-order chi connectivity index (χ0) is 11.8. The molecule has 0 atom stereocenters. The molecule has 3 rings (SSSR count). The van der Waals surface area contributed by atoms with E-state index in [1.807, 2.05) is 10.6 Å². The lowest BCUT2D eigenvalue weighted by molar-refractivity contribution is 0.582. The van der Waals surface area contributed by atoms with Crippen LogP contribution in [0.3, 0.4) is 0 Å². The SMILES string of the molecule is Fc1cccc2c1[nH]c(=S)n2CCCC1CC1. The molecule has 1 N–H and O–H groups in total. The Labute approximate surface area is 104 Å². The minimum atomic E-state index is -0.227. The van der Waals surface area contributed by atoms with Gasteiger partial charge < -0.3 is 9.55 Å². The van der Waals surface area contributed by atoms with Crippen molar-refractivity contribution in [2.24, 2.45) is 5.92 Å². The number of benzene rings is 1. The van der Waals surface area contributed by atoms with E-state index >= 15 is 0 Å². The molecule has 1 aliphatic carbocycles. The molecular weight excluding hydrogens is 235 g/mol. The maximum absolute atomic E-state index is 13.5. The van der Waals surface area contributed by atoms with Crippen LogP contribution in [0.2, 0.25) is 0 Å². The molecule has 1 aromatic carbocycles. The Bertz CT molecular complexity index is 595. The van der Waals surface area contributed by atoms with Crippen molar-refractivity contribution in [3.05, 3.63) is 28.8 Å². The van der Waals surface area contributed by atoms with Crippen LogP contribution in [0.1, 0.15) is 25.7 Å². The van der Waals surface area contributed by atoms with E-state index < -0.39 is 0 Å². The number of fused-ring (bicyclic) bond motifs is 1. The molecule has 2 nitrogen and oxygen atoms in total. The Morgan fingerprint density at radius 2 is 2.24 bits per heavy atom. The first-order valence-corrected chi connectivity index (χ1v) is 6.53. The minimum absolute atomic E-state index is 0.227. The highest BCUT2D eigenvalue weighted by atomic mass is 32.1. The Morgan fingerprint density at radius 3 is 3.00 bits per heavy atom. The number of imidazole rings is 1. The molecule has 1 saturated carbocycles. The van der Waals surface area contributed by atoms with Crippen molar-refractivity contribution in [1.29, 1.82) is 0 Å². The molecule has 1 aromatic heterocycles. The first-order chi connectivity index (χ1) is 8.25. The highest BCUT2D eigenvalue weighted by molar-refractivity contribution is 7.71. The molecule has 0 radical (unpaired) electrons. The summed E-state index contributed by atoms with van der Waals surface area (Å²) >= 11 is 5.25. The largest absolute Gasteiger partial charge is 0.328 e. The molecule has 1 aliphatic rings. The van der Waals surface area contributed by atoms with Crippen LogP contribution >= 0.6 is 12.2 Å². The van der Waals surface area contributed by atoms with Gasteiger partial charge in [-0.15, -0.1) is 0 Å². The third-order valence-electron chi connectivity index (χ3n) is 3.45. The molecule has 0 amide bonds.